The van der Waals surface area contributed by atoms with Gasteiger partial charge in [-0.1, -0.05) is 103 Å². The molecule has 0 saturated carbocycles. The van der Waals surface area contributed by atoms with Gasteiger partial charge in [0, 0.05) is 27.1 Å². The molecule has 12 aromatic rings. The zero-order chi connectivity index (χ0) is 53.8. The minimum atomic E-state index is -4.92. The highest BCUT2D eigenvalue weighted by Crippen LogP contribution is 2.46. The Kier molecular flexibility index (Phi) is 11.4. The van der Waals surface area contributed by atoms with Crippen molar-refractivity contribution >= 4 is 55.0 Å². The first-order valence-electron chi connectivity index (χ1n) is 24.3. The number of aromatic nitrogens is 2. The third-order valence-electron chi connectivity index (χ3n) is 14.3. The van der Waals surface area contributed by atoms with Gasteiger partial charge in [-0.25, -0.2) is 9.69 Å². The van der Waals surface area contributed by atoms with Crippen molar-refractivity contribution in [3.8, 4) is 91.3 Å². The molecule has 2 heterocycles. The second-order valence-electron chi connectivity index (χ2n) is 18.7. The van der Waals surface area contributed by atoms with Crippen LogP contribution in [0.3, 0.4) is 0 Å². The first kappa shape index (κ1) is 47.5. The molecule has 0 spiro atoms. The van der Waals surface area contributed by atoms with E-state index in [2.05, 4.69) is 27.9 Å². The molecule has 0 aliphatic rings. The number of nitrogens with zero attached hydrogens (tertiary/aromatic N) is 8. The predicted molar refractivity (Wildman–Crippen MR) is 299 cm³/mol. The van der Waals surface area contributed by atoms with Crippen LogP contribution >= 0.6 is 0 Å². The van der Waals surface area contributed by atoms with Crippen LogP contribution in [0.15, 0.2) is 200 Å². The van der Waals surface area contributed by atoms with Crippen LogP contribution in [0.1, 0.15) is 27.8 Å². The van der Waals surface area contributed by atoms with Gasteiger partial charge in [0.15, 0.2) is 11.4 Å². The zero-order valence-electron chi connectivity index (χ0n) is 40.8. The van der Waals surface area contributed by atoms with E-state index in [9.17, 15) is 21.0 Å². The van der Waals surface area contributed by atoms with E-state index in [0.29, 0.717) is 50.3 Å². The minimum Gasteiger partial charge on any atom is -0.309 e. The van der Waals surface area contributed by atoms with Gasteiger partial charge in [-0.15, -0.1) is 0 Å². The van der Waals surface area contributed by atoms with Crippen molar-refractivity contribution in [1.29, 1.82) is 21.0 Å². The van der Waals surface area contributed by atoms with E-state index in [0.717, 1.165) is 72.1 Å². The van der Waals surface area contributed by atoms with Crippen molar-refractivity contribution in [3.63, 3.8) is 0 Å². The van der Waals surface area contributed by atoms with E-state index < -0.39 is 11.7 Å². The van der Waals surface area contributed by atoms with Gasteiger partial charge >= 0.3 is 6.18 Å². The standard InChI is InChI=1S/C67H33F3N8/c1-75-52-20-12-45(13-21-52)49-16-25-61-55(32-49)56-33-50(46-14-22-53(76-2)23-15-46)17-26-62(56)77(61)65-35-59(54-24-7-42(38-73)29-60(54)67(68,69)70)66(34-51(65)39-74)78-63-27-18-47(43-8-3-40(36-71)4-9-43)30-57(63)58-31-48(19-28-64(58)78)44-10-5-41(37-72)6-11-44/h3-35H. The zero-order valence-corrected chi connectivity index (χ0v) is 40.8. The van der Waals surface area contributed by atoms with Crippen LogP contribution in [0.5, 0.6) is 0 Å². The van der Waals surface area contributed by atoms with E-state index >= 15 is 13.2 Å². The summed E-state index contributed by atoms with van der Waals surface area (Å²) in [6, 6.07) is 67.9. The molecule has 0 atom stereocenters. The SMILES string of the molecule is [C-]#[N+]c1ccc(-c2ccc3c(c2)c2cc(-c4ccc([N+]#[C-])cc4)ccc2n3-c2cc(-c3ccc(C#N)cc3C(F)(F)F)c(-n3c4ccc(-c5ccc(C#N)cc5)cc4c4cc(-c5ccc(C#N)cc5)ccc43)cc2C#N)cc1. The van der Waals surface area contributed by atoms with Gasteiger partial charge in [0.1, 0.15) is 6.07 Å². The van der Waals surface area contributed by atoms with Crippen molar-refractivity contribution in [2.75, 3.05) is 0 Å². The molecular weight excluding hydrogens is 974 g/mol. The lowest BCUT2D eigenvalue weighted by atomic mass is 9.93. The normalized spacial score (nSPS) is 11.2. The molecule has 362 valence electrons. The Balaban J connectivity index is 1.17. The minimum absolute atomic E-state index is 0.134. The quantitative estimate of drug-likeness (QED) is 0.148. The molecule has 0 unspecified atom stereocenters. The molecule has 0 amide bonds. The number of hydrogen-bond donors (Lipinski definition) is 0. The maximum atomic E-state index is 15.7. The molecule has 0 bridgehead atoms. The average Bonchev–Trinajstić information content (AvgIpc) is 4.09. The lowest BCUT2D eigenvalue weighted by molar-refractivity contribution is -0.137. The molecule has 8 nitrogen and oxygen atoms in total. The predicted octanol–water partition coefficient (Wildman–Crippen LogP) is 17.8. The van der Waals surface area contributed by atoms with Gasteiger partial charge in [0.25, 0.3) is 0 Å². The molecule has 0 aliphatic heterocycles. The first-order chi connectivity index (χ1) is 38.0. The summed E-state index contributed by atoms with van der Waals surface area (Å²) in [7, 11) is 0. The summed E-state index contributed by atoms with van der Waals surface area (Å²) < 4.78 is 50.8. The molecule has 11 heteroatoms. The van der Waals surface area contributed by atoms with E-state index in [-0.39, 0.29) is 27.9 Å². The Morgan fingerprint density at radius 3 is 1.04 bits per heavy atom. The van der Waals surface area contributed by atoms with Crippen LogP contribution in [-0.2, 0) is 6.18 Å². The summed E-state index contributed by atoms with van der Waals surface area (Å²) in [4.78, 5) is 7.11. The number of benzene rings is 10. The summed E-state index contributed by atoms with van der Waals surface area (Å²) in [5.41, 5.74) is 10.8. The maximum absolute atomic E-state index is 15.7. The Morgan fingerprint density at radius 1 is 0.346 bits per heavy atom. The monoisotopic (exact) mass is 1010 g/mol. The Bertz CT molecular complexity index is 4520. The van der Waals surface area contributed by atoms with Crippen LogP contribution in [-0.4, -0.2) is 9.13 Å². The summed E-state index contributed by atoms with van der Waals surface area (Å²) >= 11 is 0. The number of halogens is 3. The van der Waals surface area contributed by atoms with Gasteiger partial charge in [-0.2, -0.15) is 34.2 Å². The third-order valence-corrected chi connectivity index (χ3v) is 14.3. The van der Waals surface area contributed by atoms with Gasteiger partial charge in [-0.05, 0) is 147 Å². The molecule has 78 heavy (non-hydrogen) atoms. The number of rotatable bonds is 7. The number of nitriles is 4. The fourth-order valence-corrected chi connectivity index (χ4v) is 10.6. The Hall–Kier alpha value is -11.5. The van der Waals surface area contributed by atoms with Crippen LogP contribution in [0.4, 0.5) is 24.5 Å². The average molecular weight is 1010 g/mol. The molecule has 0 fully saturated rings. The van der Waals surface area contributed by atoms with Crippen molar-refractivity contribution < 1.29 is 13.2 Å². The second kappa shape index (κ2) is 18.8. The highest BCUT2D eigenvalue weighted by molar-refractivity contribution is 6.14. The van der Waals surface area contributed by atoms with E-state index in [1.807, 2.05) is 137 Å². The number of alkyl halides is 3. The first-order valence-corrected chi connectivity index (χ1v) is 24.3. The molecule has 0 aliphatic carbocycles. The van der Waals surface area contributed by atoms with E-state index in [4.69, 9.17) is 13.1 Å². The Labute approximate surface area is 444 Å². The number of fused-ring (bicyclic) bond motifs is 6. The van der Waals surface area contributed by atoms with Gasteiger partial charge in [0.2, 0.25) is 0 Å². The topological polar surface area (TPSA) is 114 Å². The fraction of sp³-hybridized carbons (Fsp3) is 0.0149. The van der Waals surface area contributed by atoms with Crippen molar-refractivity contribution in [2.24, 2.45) is 0 Å². The molecule has 10 aromatic carbocycles. The highest BCUT2D eigenvalue weighted by atomic mass is 19.4. The van der Waals surface area contributed by atoms with Crippen LogP contribution in [0, 0.1) is 58.5 Å². The largest absolute Gasteiger partial charge is 0.417 e. The summed E-state index contributed by atoms with van der Waals surface area (Å²) in [5, 5.41) is 43.6. The fourth-order valence-electron chi connectivity index (χ4n) is 10.6. The maximum Gasteiger partial charge on any atom is 0.417 e. The smallest absolute Gasteiger partial charge is 0.309 e. The molecular formula is C67H33F3N8. The Morgan fingerprint density at radius 2 is 0.692 bits per heavy atom. The van der Waals surface area contributed by atoms with Crippen molar-refractivity contribution in [2.45, 2.75) is 6.18 Å². The lowest BCUT2D eigenvalue weighted by Gasteiger charge is -2.21. The summed E-state index contributed by atoms with van der Waals surface area (Å²) in [5.74, 6) is 0. The van der Waals surface area contributed by atoms with Gasteiger partial charge < -0.3 is 9.13 Å². The lowest BCUT2D eigenvalue weighted by Crippen LogP contribution is -2.10. The van der Waals surface area contributed by atoms with Crippen LogP contribution in [0.25, 0.3) is 120 Å². The van der Waals surface area contributed by atoms with Crippen LogP contribution in [0.2, 0.25) is 0 Å². The second-order valence-corrected chi connectivity index (χ2v) is 18.7. The van der Waals surface area contributed by atoms with Gasteiger partial charge in [0.05, 0.1) is 92.6 Å². The molecule has 0 radical (unpaired) electrons. The van der Waals surface area contributed by atoms with E-state index in [1.165, 1.54) is 12.1 Å². The molecule has 0 N–H and O–H groups in total. The summed E-state index contributed by atoms with van der Waals surface area (Å²) in [6.45, 7) is 15.0. The van der Waals surface area contributed by atoms with Crippen molar-refractivity contribution in [3.05, 3.63) is 251 Å². The van der Waals surface area contributed by atoms with Crippen LogP contribution < -0.4 is 0 Å². The summed E-state index contributed by atoms with van der Waals surface area (Å²) in [6.07, 6.45) is -4.92. The van der Waals surface area contributed by atoms with E-state index in [1.54, 1.807) is 60.7 Å². The molecule has 2 aromatic heterocycles. The highest BCUT2D eigenvalue weighted by Gasteiger charge is 2.35. The number of hydrogen-bond acceptors (Lipinski definition) is 4. The van der Waals surface area contributed by atoms with Gasteiger partial charge in [-0.3, -0.25) is 0 Å². The van der Waals surface area contributed by atoms with Crippen molar-refractivity contribution in [1.82, 2.24) is 9.13 Å². The molecule has 0 saturated heterocycles. The third kappa shape index (κ3) is 8.08. The molecule has 12 rings (SSSR count).